The molecule has 0 spiro atoms. The number of halogens is 1. The lowest BCUT2D eigenvalue weighted by Gasteiger charge is -2.14. The van der Waals surface area contributed by atoms with Gasteiger partial charge in [-0.05, 0) is 24.3 Å². The zero-order chi connectivity index (χ0) is 22.8. The number of carbonyl (C=O) groups is 1. The Hall–Kier alpha value is -3.09. The SMILES string of the molecule is CN(N)/N=C(\N)c1ccc(-c2ccc(N3CC(COP(=O)(O)O)OC3=O)cc2F)cn1. The van der Waals surface area contributed by atoms with Gasteiger partial charge in [-0.3, -0.25) is 14.4 Å². The highest BCUT2D eigenvalue weighted by atomic mass is 31.2. The van der Waals surface area contributed by atoms with Crippen LogP contribution in [-0.4, -0.2) is 58.1 Å². The Kier molecular flexibility index (Phi) is 6.53. The van der Waals surface area contributed by atoms with Gasteiger partial charge in [-0.15, -0.1) is 5.10 Å². The van der Waals surface area contributed by atoms with E-state index in [9.17, 15) is 13.8 Å². The van der Waals surface area contributed by atoms with Gasteiger partial charge in [-0.1, -0.05) is 6.07 Å². The lowest BCUT2D eigenvalue weighted by atomic mass is 10.1. The smallest absolute Gasteiger partial charge is 0.441 e. The predicted octanol–water partition coefficient (Wildman–Crippen LogP) is 0.748. The molecule has 1 amide bonds. The molecule has 1 atom stereocenters. The summed E-state index contributed by atoms with van der Waals surface area (Å²) in [6, 6.07) is 7.31. The molecule has 6 N–H and O–H groups in total. The predicted molar refractivity (Wildman–Crippen MR) is 108 cm³/mol. The topological polar surface area (TPSA) is 177 Å². The number of amidine groups is 1. The summed E-state index contributed by atoms with van der Waals surface area (Å²) in [7, 11) is -3.19. The van der Waals surface area contributed by atoms with Crippen molar-refractivity contribution in [3.8, 4) is 11.1 Å². The van der Waals surface area contributed by atoms with Gasteiger partial charge >= 0.3 is 13.9 Å². The van der Waals surface area contributed by atoms with Crippen LogP contribution in [-0.2, 0) is 13.8 Å². The van der Waals surface area contributed by atoms with Crippen LogP contribution in [0.4, 0.5) is 14.9 Å². The summed E-state index contributed by atoms with van der Waals surface area (Å²) in [6.45, 7) is -0.542. The van der Waals surface area contributed by atoms with Crippen molar-refractivity contribution >= 4 is 25.4 Å². The van der Waals surface area contributed by atoms with E-state index in [4.69, 9.17) is 26.1 Å². The number of nitrogens with two attached hydrogens (primary N) is 2. The van der Waals surface area contributed by atoms with Crippen LogP contribution >= 0.6 is 7.82 Å². The van der Waals surface area contributed by atoms with E-state index in [1.54, 1.807) is 12.1 Å². The molecule has 0 bridgehead atoms. The van der Waals surface area contributed by atoms with Gasteiger partial charge in [0.05, 0.1) is 18.8 Å². The van der Waals surface area contributed by atoms with E-state index < -0.39 is 32.4 Å². The van der Waals surface area contributed by atoms with Crippen molar-refractivity contribution in [1.82, 2.24) is 10.1 Å². The summed E-state index contributed by atoms with van der Waals surface area (Å²) < 4.78 is 34.9. The van der Waals surface area contributed by atoms with Gasteiger partial charge in [0.2, 0.25) is 0 Å². The van der Waals surface area contributed by atoms with Crippen LogP contribution in [0.25, 0.3) is 11.1 Å². The summed E-state index contributed by atoms with van der Waals surface area (Å²) in [4.78, 5) is 34.8. The molecule has 0 radical (unpaired) electrons. The van der Waals surface area contributed by atoms with Crippen molar-refractivity contribution in [2.24, 2.45) is 16.7 Å². The number of hydrogen-bond acceptors (Lipinski definition) is 8. The molecular weight excluding hydrogens is 434 g/mol. The molecule has 1 saturated heterocycles. The van der Waals surface area contributed by atoms with Gasteiger partial charge in [-0.2, -0.15) is 0 Å². The van der Waals surface area contributed by atoms with Gasteiger partial charge in [0.1, 0.15) is 17.6 Å². The first-order chi connectivity index (χ1) is 14.5. The third kappa shape index (κ3) is 5.75. The third-order valence-electron chi connectivity index (χ3n) is 4.17. The maximum absolute atomic E-state index is 14.7. The van der Waals surface area contributed by atoms with Crippen molar-refractivity contribution in [2.75, 3.05) is 25.1 Å². The number of ether oxygens (including phenoxy) is 1. The summed E-state index contributed by atoms with van der Waals surface area (Å²) in [5.74, 6) is 4.88. The Morgan fingerprint density at radius 2 is 2.19 bits per heavy atom. The average Bonchev–Trinajstić information content (AvgIpc) is 3.06. The first-order valence-corrected chi connectivity index (χ1v) is 10.3. The number of hydrazone groups is 1. The van der Waals surface area contributed by atoms with E-state index in [-0.39, 0.29) is 23.6 Å². The molecule has 31 heavy (non-hydrogen) atoms. The molecule has 1 aliphatic heterocycles. The molecule has 1 unspecified atom stereocenters. The van der Waals surface area contributed by atoms with Crippen LogP contribution in [0, 0.1) is 5.82 Å². The van der Waals surface area contributed by atoms with Crippen molar-refractivity contribution < 1.29 is 32.8 Å². The van der Waals surface area contributed by atoms with Crippen LogP contribution in [0.1, 0.15) is 5.69 Å². The number of phosphoric acid groups is 1. The minimum absolute atomic E-state index is 0.0535. The summed E-state index contributed by atoms with van der Waals surface area (Å²) in [5, 5.41) is 4.87. The molecule has 14 heteroatoms. The fourth-order valence-electron chi connectivity index (χ4n) is 2.83. The Labute approximate surface area is 176 Å². The molecule has 12 nitrogen and oxygen atoms in total. The fourth-order valence-corrected chi connectivity index (χ4v) is 3.19. The van der Waals surface area contributed by atoms with Crippen LogP contribution in [0.5, 0.6) is 0 Å². The van der Waals surface area contributed by atoms with E-state index in [2.05, 4.69) is 14.6 Å². The molecule has 1 aliphatic rings. The van der Waals surface area contributed by atoms with E-state index in [0.717, 1.165) is 16.1 Å². The lowest BCUT2D eigenvalue weighted by Crippen LogP contribution is -2.26. The Morgan fingerprint density at radius 1 is 1.45 bits per heavy atom. The molecule has 1 aromatic carbocycles. The number of cyclic esters (lactones) is 1. The molecule has 0 aliphatic carbocycles. The van der Waals surface area contributed by atoms with E-state index >= 15 is 0 Å². The lowest BCUT2D eigenvalue weighted by molar-refractivity contribution is 0.0880. The Morgan fingerprint density at radius 3 is 2.77 bits per heavy atom. The molecular formula is C17H20FN6O6P. The molecule has 2 aromatic rings. The quantitative estimate of drug-likeness (QED) is 0.153. The summed E-state index contributed by atoms with van der Waals surface area (Å²) in [6.07, 6.45) is -0.261. The minimum atomic E-state index is -4.69. The van der Waals surface area contributed by atoms with Crippen molar-refractivity contribution in [1.29, 1.82) is 0 Å². The second-order valence-corrected chi connectivity index (χ2v) is 7.80. The second kappa shape index (κ2) is 8.96. The standard InChI is InChI=1S/C17H20FN6O6P/c1-23(20)22-16(19)15-5-2-10(7-21-15)13-4-3-11(6-14(13)18)24-8-12(30-17(24)25)9-29-31(26,27)28/h2-7,12H,8-9,20H2,1H3,(H2,19,22)(H2,26,27,28). The number of amides is 1. The first kappa shape index (κ1) is 22.6. The average molecular weight is 454 g/mol. The van der Waals surface area contributed by atoms with Gasteiger partial charge in [-0.25, -0.2) is 24.7 Å². The summed E-state index contributed by atoms with van der Waals surface area (Å²) >= 11 is 0. The zero-order valence-electron chi connectivity index (χ0n) is 16.3. The zero-order valence-corrected chi connectivity index (χ0v) is 17.1. The van der Waals surface area contributed by atoms with Crippen LogP contribution < -0.4 is 16.5 Å². The van der Waals surface area contributed by atoms with Crippen molar-refractivity contribution in [2.45, 2.75) is 6.10 Å². The van der Waals surface area contributed by atoms with Crippen LogP contribution in [0.15, 0.2) is 41.6 Å². The third-order valence-corrected chi connectivity index (χ3v) is 4.65. The Balaban J connectivity index is 1.74. The highest BCUT2D eigenvalue weighted by molar-refractivity contribution is 7.46. The van der Waals surface area contributed by atoms with E-state index in [1.807, 2.05) is 0 Å². The molecule has 0 saturated carbocycles. The number of nitrogens with zero attached hydrogens (tertiary/aromatic N) is 4. The molecule has 1 fully saturated rings. The van der Waals surface area contributed by atoms with Crippen LogP contribution in [0.2, 0.25) is 0 Å². The van der Waals surface area contributed by atoms with Gasteiger partial charge < -0.3 is 20.3 Å². The number of carbonyl (C=O) groups excluding carboxylic acids is 1. The monoisotopic (exact) mass is 454 g/mol. The number of rotatable bonds is 7. The highest BCUT2D eigenvalue weighted by Gasteiger charge is 2.34. The molecule has 1 aromatic heterocycles. The van der Waals surface area contributed by atoms with Crippen molar-refractivity contribution in [3.05, 3.63) is 48.0 Å². The first-order valence-electron chi connectivity index (χ1n) is 8.80. The molecule has 2 heterocycles. The van der Waals surface area contributed by atoms with Gasteiger partial charge in [0.25, 0.3) is 0 Å². The number of hydrogen-bond donors (Lipinski definition) is 4. The number of hydrazine groups is 1. The number of pyridine rings is 1. The van der Waals surface area contributed by atoms with Gasteiger partial charge in [0.15, 0.2) is 5.84 Å². The van der Waals surface area contributed by atoms with Crippen LogP contribution in [0.3, 0.4) is 0 Å². The number of phosphoric ester groups is 1. The maximum atomic E-state index is 14.7. The highest BCUT2D eigenvalue weighted by Crippen LogP contribution is 2.36. The Bertz CT molecular complexity index is 1040. The number of anilines is 1. The number of benzene rings is 1. The molecule has 166 valence electrons. The maximum Gasteiger partial charge on any atom is 0.469 e. The van der Waals surface area contributed by atoms with Gasteiger partial charge in [0, 0.05) is 24.4 Å². The minimum Gasteiger partial charge on any atom is -0.441 e. The van der Waals surface area contributed by atoms with Crippen molar-refractivity contribution in [3.63, 3.8) is 0 Å². The molecule has 3 rings (SSSR count). The fraction of sp³-hybridized carbons (Fsp3) is 0.235. The number of aromatic nitrogens is 1. The normalized spacial score (nSPS) is 17.1. The largest absolute Gasteiger partial charge is 0.469 e. The summed E-state index contributed by atoms with van der Waals surface area (Å²) in [5.41, 5.74) is 7.06. The second-order valence-electron chi connectivity index (χ2n) is 6.56. The van der Waals surface area contributed by atoms with E-state index in [1.165, 1.54) is 25.4 Å². The van der Waals surface area contributed by atoms with E-state index in [0.29, 0.717) is 11.3 Å².